The first kappa shape index (κ1) is 19.8. The second kappa shape index (κ2) is 8.50. The summed E-state index contributed by atoms with van der Waals surface area (Å²) >= 11 is 0. The molecule has 2 unspecified atom stereocenters. The topological polar surface area (TPSA) is 83.0 Å². The average Bonchev–Trinajstić information content (AvgIpc) is 3.50. The highest BCUT2D eigenvalue weighted by atomic mass is 16.4. The minimum absolute atomic E-state index is 0.00912. The van der Waals surface area contributed by atoms with E-state index in [2.05, 4.69) is 30.1 Å². The van der Waals surface area contributed by atoms with Gasteiger partial charge >= 0.3 is 0 Å². The minimum Gasteiger partial charge on any atom is -0.423 e. The molecule has 2 atom stereocenters. The Morgan fingerprint density at radius 3 is 2.83 bits per heavy atom. The Bertz CT molecular complexity index is 1080. The molecule has 30 heavy (non-hydrogen) atoms. The summed E-state index contributed by atoms with van der Waals surface area (Å²) in [5.41, 5.74) is 3.35. The Labute approximate surface area is 176 Å². The van der Waals surface area contributed by atoms with Gasteiger partial charge in [-0.05, 0) is 54.2 Å². The van der Waals surface area contributed by atoms with Crippen molar-refractivity contribution in [2.24, 2.45) is 5.92 Å². The van der Waals surface area contributed by atoms with E-state index in [-0.39, 0.29) is 11.9 Å². The van der Waals surface area contributed by atoms with E-state index in [1.54, 1.807) is 12.1 Å². The van der Waals surface area contributed by atoms with Crippen LogP contribution in [0.5, 0.6) is 0 Å². The molecule has 0 bridgehead atoms. The number of aromatic nitrogens is 2. The molecule has 0 radical (unpaired) electrons. The van der Waals surface area contributed by atoms with Crippen molar-refractivity contribution in [3.8, 4) is 28.7 Å². The quantitative estimate of drug-likeness (QED) is 0.607. The van der Waals surface area contributed by atoms with Crippen molar-refractivity contribution >= 4 is 5.91 Å². The van der Waals surface area contributed by atoms with Crippen LogP contribution in [0.2, 0.25) is 0 Å². The molecule has 2 aromatic carbocycles. The van der Waals surface area contributed by atoms with Crippen LogP contribution in [0.25, 0.3) is 22.6 Å². The van der Waals surface area contributed by atoms with Crippen LogP contribution >= 0.6 is 0 Å². The molecule has 1 fully saturated rings. The van der Waals surface area contributed by atoms with Crippen LogP contribution in [0.15, 0.2) is 53.3 Å². The van der Waals surface area contributed by atoms with E-state index in [0.717, 1.165) is 36.9 Å². The Hall–Kier alpha value is -3.46. The largest absolute Gasteiger partial charge is 0.423 e. The van der Waals surface area contributed by atoms with Crippen molar-refractivity contribution in [1.82, 2.24) is 15.1 Å². The van der Waals surface area contributed by atoms with E-state index < -0.39 is 0 Å². The highest BCUT2D eigenvalue weighted by molar-refractivity contribution is 5.97. The highest BCUT2D eigenvalue weighted by Gasteiger charge is 2.32. The fourth-order valence-electron chi connectivity index (χ4n) is 4.24. The van der Waals surface area contributed by atoms with Gasteiger partial charge in [0.15, 0.2) is 0 Å². The Morgan fingerprint density at radius 2 is 2.10 bits per heavy atom. The van der Waals surface area contributed by atoms with Crippen molar-refractivity contribution in [2.45, 2.75) is 39.2 Å². The number of hydrogen-bond donors (Lipinski definition) is 0. The molecule has 3 aromatic rings. The number of carbonyl (C=O) groups is 1. The molecule has 1 saturated heterocycles. The lowest BCUT2D eigenvalue weighted by Gasteiger charge is -2.29. The summed E-state index contributed by atoms with van der Waals surface area (Å²) in [6.45, 7) is 5.14. The number of carbonyl (C=O) groups excluding carboxylic acids is 1. The molecule has 1 amide bonds. The van der Waals surface area contributed by atoms with Gasteiger partial charge in [-0.3, -0.25) is 4.79 Å². The van der Waals surface area contributed by atoms with Crippen molar-refractivity contribution in [2.75, 3.05) is 6.54 Å². The van der Waals surface area contributed by atoms with Crippen LogP contribution in [0.4, 0.5) is 0 Å². The first-order valence-corrected chi connectivity index (χ1v) is 10.3. The van der Waals surface area contributed by atoms with E-state index in [1.807, 2.05) is 35.2 Å². The van der Waals surface area contributed by atoms with E-state index in [9.17, 15) is 10.1 Å². The molecule has 1 aromatic heterocycles. The molecule has 0 aliphatic carbocycles. The highest BCUT2D eigenvalue weighted by Crippen LogP contribution is 2.32. The third kappa shape index (κ3) is 3.71. The predicted octanol–water partition coefficient (Wildman–Crippen LogP) is 4.93. The van der Waals surface area contributed by atoms with E-state index in [1.165, 1.54) is 6.39 Å². The minimum atomic E-state index is 0.00912. The maximum atomic E-state index is 13.5. The van der Waals surface area contributed by atoms with Gasteiger partial charge in [0, 0.05) is 23.7 Å². The van der Waals surface area contributed by atoms with E-state index >= 15 is 0 Å². The van der Waals surface area contributed by atoms with Crippen LogP contribution in [0.1, 0.15) is 49.0 Å². The van der Waals surface area contributed by atoms with Crippen LogP contribution < -0.4 is 0 Å². The maximum Gasteiger partial charge on any atom is 0.254 e. The van der Waals surface area contributed by atoms with Gasteiger partial charge in [0.05, 0.1) is 11.6 Å². The van der Waals surface area contributed by atoms with Crippen molar-refractivity contribution in [1.29, 1.82) is 5.26 Å². The van der Waals surface area contributed by atoms with Crippen LogP contribution in [-0.2, 0) is 0 Å². The number of amides is 1. The summed E-state index contributed by atoms with van der Waals surface area (Å²) in [5.74, 6) is 0.810. The molecule has 6 nitrogen and oxygen atoms in total. The first-order valence-electron chi connectivity index (χ1n) is 10.3. The number of hydrogen-bond acceptors (Lipinski definition) is 5. The Kier molecular flexibility index (Phi) is 5.62. The lowest BCUT2D eigenvalue weighted by Crippen LogP contribution is -2.39. The van der Waals surface area contributed by atoms with Gasteiger partial charge in [0.25, 0.3) is 5.91 Å². The lowest BCUT2D eigenvalue weighted by molar-refractivity contribution is 0.0692. The normalized spacial score (nSPS) is 17.0. The molecule has 1 aliphatic rings. The Balaban J connectivity index is 1.81. The summed E-state index contributed by atoms with van der Waals surface area (Å²) in [7, 11) is 0. The summed E-state index contributed by atoms with van der Waals surface area (Å²) in [6.07, 6.45) is 4.37. The third-order valence-electron chi connectivity index (χ3n) is 6.01. The lowest BCUT2D eigenvalue weighted by atomic mass is 9.94. The number of nitriles is 1. The molecule has 6 heteroatoms. The smallest absolute Gasteiger partial charge is 0.254 e. The number of benzene rings is 2. The van der Waals surface area contributed by atoms with Gasteiger partial charge in [0.2, 0.25) is 12.3 Å². The van der Waals surface area contributed by atoms with Crippen LogP contribution in [0.3, 0.4) is 0 Å². The van der Waals surface area contributed by atoms with Gasteiger partial charge < -0.3 is 9.32 Å². The van der Waals surface area contributed by atoms with Crippen LogP contribution in [-0.4, -0.2) is 33.6 Å². The van der Waals surface area contributed by atoms with Crippen LogP contribution in [0, 0.1) is 17.2 Å². The van der Waals surface area contributed by atoms with Gasteiger partial charge in [-0.15, -0.1) is 10.2 Å². The van der Waals surface area contributed by atoms with Crippen molar-refractivity contribution < 1.29 is 9.21 Å². The molecular formula is C24H24N4O2. The second-order valence-corrected chi connectivity index (χ2v) is 7.79. The summed E-state index contributed by atoms with van der Waals surface area (Å²) in [4.78, 5) is 15.5. The van der Waals surface area contributed by atoms with Crippen molar-refractivity contribution in [3.05, 3.63) is 60.0 Å². The van der Waals surface area contributed by atoms with E-state index in [0.29, 0.717) is 28.5 Å². The van der Waals surface area contributed by atoms with E-state index in [4.69, 9.17) is 4.42 Å². The fourth-order valence-corrected chi connectivity index (χ4v) is 4.24. The average molecular weight is 400 g/mol. The maximum absolute atomic E-state index is 13.5. The van der Waals surface area contributed by atoms with Gasteiger partial charge in [0.1, 0.15) is 0 Å². The molecule has 0 spiro atoms. The first-order chi connectivity index (χ1) is 14.6. The van der Waals surface area contributed by atoms with Crippen molar-refractivity contribution in [3.63, 3.8) is 0 Å². The molecule has 0 saturated carbocycles. The summed E-state index contributed by atoms with van der Waals surface area (Å²) < 4.78 is 5.39. The summed E-state index contributed by atoms with van der Waals surface area (Å²) in [5, 5.41) is 17.3. The van der Waals surface area contributed by atoms with Gasteiger partial charge in [-0.25, -0.2) is 0 Å². The number of nitrogens with zero attached hydrogens (tertiary/aromatic N) is 4. The fraction of sp³-hybridized carbons (Fsp3) is 0.333. The molecule has 152 valence electrons. The molecular weight excluding hydrogens is 376 g/mol. The van der Waals surface area contributed by atoms with Gasteiger partial charge in [-0.1, -0.05) is 38.5 Å². The Morgan fingerprint density at radius 1 is 1.30 bits per heavy atom. The molecule has 1 aliphatic heterocycles. The molecule has 4 rings (SSSR count). The molecule has 2 heterocycles. The second-order valence-electron chi connectivity index (χ2n) is 7.79. The zero-order chi connectivity index (χ0) is 21.1. The monoisotopic (exact) mass is 400 g/mol. The summed E-state index contributed by atoms with van der Waals surface area (Å²) in [6, 6.07) is 15.4. The number of likely N-dealkylation sites (tertiary alicyclic amines) is 1. The standard InChI is InChI=1S/C24H24N4O2/c1-3-16(2)22-9-6-10-28(22)24(29)20-12-18(21-8-5-4-7-17(21)14-25)11-19(13-20)23-27-26-15-30-23/h4-5,7-8,11-13,15-16,22H,3,6,9-10H2,1-2H3. The third-order valence-corrected chi connectivity index (χ3v) is 6.01. The molecule has 0 N–H and O–H groups in total. The van der Waals surface area contributed by atoms with Gasteiger partial charge in [-0.2, -0.15) is 5.26 Å². The zero-order valence-electron chi connectivity index (χ0n) is 17.2. The zero-order valence-corrected chi connectivity index (χ0v) is 17.2. The SMILES string of the molecule is CCC(C)C1CCCN1C(=O)c1cc(-c2nnco2)cc(-c2ccccc2C#N)c1. The number of rotatable bonds is 5. The predicted molar refractivity (Wildman–Crippen MR) is 113 cm³/mol.